The molecular weight excluding hydrogens is 172 g/mol. The zero-order valence-electron chi connectivity index (χ0n) is 6.77. The molecule has 0 unspecified atom stereocenters. The summed E-state index contributed by atoms with van der Waals surface area (Å²) in [5.74, 6) is 7.09. The predicted molar refractivity (Wildman–Crippen MR) is 48.6 cm³/mol. The van der Waals surface area contributed by atoms with Crippen molar-refractivity contribution in [2.75, 3.05) is 5.84 Å². The van der Waals surface area contributed by atoms with Crippen molar-refractivity contribution in [3.63, 3.8) is 0 Å². The standard InChI is InChI=1S/C7H12N4S/c8-11-6(9-10-7(11)12)5-3-1-2-4-5/h5H,1-4,8H2,(H,10,12). The van der Waals surface area contributed by atoms with E-state index in [4.69, 9.17) is 5.84 Å². The fourth-order valence-electron chi connectivity index (χ4n) is 1.76. The average Bonchev–Trinajstić information content (AvgIpc) is 2.64. The van der Waals surface area contributed by atoms with Gasteiger partial charge in [-0.25, -0.2) is 4.68 Å². The number of nitrogens with zero attached hydrogens (tertiary/aromatic N) is 3. The minimum atomic E-state index is 0.497. The van der Waals surface area contributed by atoms with E-state index in [0.29, 0.717) is 11.1 Å². The van der Waals surface area contributed by atoms with Crippen LogP contribution in [0.1, 0.15) is 37.4 Å². The van der Waals surface area contributed by atoms with Crippen LogP contribution in [0, 0.1) is 0 Å². The lowest BCUT2D eigenvalue weighted by molar-refractivity contribution is 0.634. The first-order valence-electron chi connectivity index (χ1n) is 4.18. The SMILES string of the molecule is Nn1c(S)nnc1C1CCCC1. The van der Waals surface area contributed by atoms with E-state index < -0.39 is 0 Å². The van der Waals surface area contributed by atoms with Gasteiger partial charge in [0.1, 0.15) is 0 Å². The lowest BCUT2D eigenvalue weighted by Gasteiger charge is -2.06. The Labute approximate surface area is 76.5 Å². The van der Waals surface area contributed by atoms with Gasteiger partial charge in [-0.05, 0) is 12.8 Å². The summed E-state index contributed by atoms with van der Waals surface area (Å²) in [7, 11) is 0. The lowest BCUT2D eigenvalue weighted by Crippen LogP contribution is -2.15. The van der Waals surface area contributed by atoms with Crippen LogP contribution in [0.3, 0.4) is 0 Å². The highest BCUT2D eigenvalue weighted by Gasteiger charge is 2.22. The first-order valence-corrected chi connectivity index (χ1v) is 4.63. The van der Waals surface area contributed by atoms with E-state index in [1.807, 2.05) is 0 Å². The second-order valence-corrected chi connectivity index (χ2v) is 3.61. The molecule has 1 aromatic heterocycles. The third kappa shape index (κ3) is 1.18. The van der Waals surface area contributed by atoms with Crippen LogP contribution >= 0.6 is 12.6 Å². The molecule has 1 saturated carbocycles. The number of hydrogen-bond donors (Lipinski definition) is 2. The summed E-state index contributed by atoms with van der Waals surface area (Å²) in [6.07, 6.45) is 4.92. The van der Waals surface area contributed by atoms with Crippen LogP contribution in [0.2, 0.25) is 0 Å². The van der Waals surface area contributed by atoms with Gasteiger partial charge in [0.15, 0.2) is 5.82 Å². The van der Waals surface area contributed by atoms with Crippen LogP contribution < -0.4 is 5.84 Å². The summed E-state index contributed by atoms with van der Waals surface area (Å²) in [6.45, 7) is 0. The number of nitrogens with two attached hydrogens (primary N) is 1. The molecule has 2 N–H and O–H groups in total. The highest BCUT2D eigenvalue weighted by molar-refractivity contribution is 7.80. The molecule has 1 fully saturated rings. The zero-order chi connectivity index (χ0) is 8.55. The van der Waals surface area contributed by atoms with Crippen LogP contribution in [-0.2, 0) is 0 Å². The number of hydrogen-bond acceptors (Lipinski definition) is 4. The number of thiol groups is 1. The fourth-order valence-corrected chi connectivity index (χ4v) is 1.90. The Hall–Kier alpha value is -0.710. The van der Waals surface area contributed by atoms with E-state index >= 15 is 0 Å². The van der Waals surface area contributed by atoms with E-state index in [2.05, 4.69) is 22.8 Å². The molecule has 1 aromatic rings. The van der Waals surface area contributed by atoms with Gasteiger partial charge in [0.2, 0.25) is 5.16 Å². The number of aromatic nitrogens is 3. The predicted octanol–water partition coefficient (Wildman–Crippen LogP) is 0.938. The quantitative estimate of drug-likeness (QED) is 0.504. The first-order chi connectivity index (χ1) is 5.79. The lowest BCUT2D eigenvalue weighted by atomic mass is 10.1. The van der Waals surface area contributed by atoms with Gasteiger partial charge in [0.25, 0.3) is 0 Å². The van der Waals surface area contributed by atoms with E-state index in [-0.39, 0.29) is 0 Å². The molecule has 0 amide bonds. The maximum atomic E-state index is 5.70. The summed E-state index contributed by atoms with van der Waals surface area (Å²) < 4.78 is 1.49. The molecule has 4 nitrogen and oxygen atoms in total. The van der Waals surface area contributed by atoms with Crippen molar-refractivity contribution in [1.82, 2.24) is 14.9 Å². The Morgan fingerprint density at radius 3 is 2.50 bits per heavy atom. The molecule has 1 aliphatic rings. The summed E-state index contributed by atoms with van der Waals surface area (Å²) in [5.41, 5.74) is 0. The van der Waals surface area contributed by atoms with Crippen molar-refractivity contribution < 1.29 is 0 Å². The van der Waals surface area contributed by atoms with Crippen LogP contribution in [0.4, 0.5) is 0 Å². The summed E-state index contributed by atoms with van der Waals surface area (Å²) >= 11 is 4.08. The maximum Gasteiger partial charge on any atom is 0.206 e. The monoisotopic (exact) mass is 184 g/mol. The first kappa shape index (κ1) is 7.91. The maximum absolute atomic E-state index is 5.70. The highest BCUT2D eigenvalue weighted by Crippen LogP contribution is 2.32. The van der Waals surface area contributed by atoms with Gasteiger partial charge in [0, 0.05) is 5.92 Å². The number of nitrogen functional groups attached to an aromatic ring is 1. The van der Waals surface area contributed by atoms with Crippen molar-refractivity contribution in [2.45, 2.75) is 36.8 Å². The largest absolute Gasteiger partial charge is 0.336 e. The van der Waals surface area contributed by atoms with E-state index in [0.717, 1.165) is 5.82 Å². The molecule has 0 atom stereocenters. The van der Waals surface area contributed by atoms with Crippen LogP contribution in [0.15, 0.2) is 5.16 Å². The molecule has 12 heavy (non-hydrogen) atoms. The zero-order valence-corrected chi connectivity index (χ0v) is 7.67. The highest BCUT2D eigenvalue weighted by atomic mass is 32.1. The Bertz CT molecular complexity index is 277. The van der Waals surface area contributed by atoms with Gasteiger partial charge in [0.05, 0.1) is 0 Å². The van der Waals surface area contributed by atoms with Gasteiger partial charge in [-0.1, -0.05) is 12.8 Å². The molecular formula is C7H12N4S. The molecule has 1 heterocycles. The van der Waals surface area contributed by atoms with Crippen LogP contribution in [-0.4, -0.2) is 14.9 Å². The van der Waals surface area contributed by atoms with Crippen LogP contribution in [0.25, 0.3) is 0 Å². The van der Waals surface area contributed by atoms with Crippen molar-refractivity contribution >= 4 is 12.6 Å². The Morgan fingerprint density at radius 2 is 2.00 bits per heavy atom. The minimum Gasteiger partial charge on any atom is -0.336 e. The van der Waals surface area contributed by atoms with E-state index in [9.17, 15) is 0 Å². The second-order valence-electron chi connectivity index (χ2n) is 3.21. The minimum absolute atomic E-state index is 0.497. The second kappa shape index (κ2) is 2.97. The summed E-state index contributed by atoms with van der Waals surface area (Å²) in [6, 6.07) is 0. The Balaban J connectivity index is 2.26. The molecule has 0 spiro atoms. The summed E-state index contributed by atoms with van der Waals surface area (Å²) in [5, 5.41) is 8.32. The molecule has 2 rings (SSSR count). The number of rotatable bonds is 1. The molecule has 5 heteroatoms. The molecule has 0 bridgehead atoms. The van der Waals surface area contributed by atoms with Gasteiger partial charge in [-0.15, -0.1) is 22.8 Å². The Kier molecular flexibility index (Phi) is 1.96. The smallest absolute Gasteiger partial charge is 0.206 e. The normalized spacial score (nSPS) is 18.8. The van der Waals surface area contributed by atoms with Crippen molar-refractivity contribution in [3.8, 4) is 0 Å². The summed E-state index contributed by atoms with van der Waals surface area (Å²) in [4.78, 5) is 0. The topological polar surface area (TPSA) is 56.7 Å². The van der Waals surface area contributed by atoms with E-state index in [1.54, 1.807) is 0 Å². The molecule has 0 aliphatic heterocycles. The third-order valence-electron chi connectivity index (χ3n) is 2.42. The van der Waals surface area contributed by atoms with Gasteiger partial charge in [-0.3, -0.25) is 0 Å². The molecule has 0 radical (unpaired) electrons. The molecule has 0 aromatic carbocycles. The molecule has 66 valence electrons. The van der Waals surface area contributed by atoms with Crippen molar-refractivity contribution in [2.24, 2.45) is 0 Å². The molecule has 1 aliphatic carbocycles. The fraction of sp³-hybridized carbons (Fsp3) is 0.714. The average molecular weight is 184 g/mol. The van der Waals surface area contributed by atoms with Gasteiger partial charge in [-0.2, -0.15) is 0 Å². The Morgan fingerprint density at radius 1 is 1.33 bits per heavy atom. The van der Waals surface area contributed by atoms with E-state index in [1.165, 1.54) is 30.4 Å². The van der Waals surface area contributed by atoms with Crippen LogP contribution in [0.5, 0.6) is 0 Å². The van der Waals surface area contributed by atoms with Crippen molar-refractivity contribution in [1.29, 1.82) is 0 Å². The van der Waals surface area contributed by atoms with Gasteiger partial charge >= 0.3 is 0 Å². The molecule has 0 saturated heterocycles. The van der Waals surface area contributed by atoms with Crippen molar-refractivity contribution in [3.05, 3.63) is 5.82 Å². The van der Waals surface area contributed by atoms with Gasteiger partial charge < -0.3 is 5.84 Å². The third-order valence-corrected chi connectivity index (χ3v) is 2.73.